The highest BCUT2D eigenvalue weighted by Crippen LogP contribution is 2.31. The second-order valence-corrected chi connectivity index (χ2v) is 3.33. The molecule has 13 heavy (non-hydrogen) atoms. The molecule has 0 amide bonds. The smallest absolute Gasteiger partial charge is 0.419 e. The molecule has 2 heterocycles. The summed E-state index contributed by atoms with van der Waals surface area (Å²) in [7, 11) is 0. The molecule has 2 aromatic heterocycles. The first kappa shape index (κ1) is 8.06. The van der Waals surface area contributed by atoms with E-state index in [0.717, 1.165) is 11.3 Å². The number of aromatic amines is 1. The van der Waals surface area contributed by atoms with E-state index in [4.69, 9.17) is 5.11 Å². The zero-order chi connectivity index (χ0) is 9.42. The van der Waals surface area contributed by atoms with Gasteiger partial charge in [0.25, 0.3) is 0 Å². The van der Waals surface area contributed by atoms with Crippen LogP contribution in [0.3, 0.4) is 0 Å². The molecular formula is C7H4FNO3S. The van der Waals surface area contributed by atoms with Crippen molar-refractivity contribution in [3.63, 3.8) is 0 Å². The van der Waals surface area contributed by atoms with E-state index < -0.39 is 10.9 Å². The summed E-state index contributed by atoms with van der Waals surface area (Å²) in [5, 5.41) is 8.72. The summed E-state index contributed by atoms with van der Waals surface area (Å²) in [4.78, 5) is 13.0. The van der Waals surface area contributed by atoms with Crippen molar-refractivity contribution in [2.75, 3.05) is 0 Å². The van der Waals surface area contributed by atoms with Gasteiger partial charge in [-0.2, -0.15) is 4.39 Å². The first-order valence-electron chi connectivity index (χ1n) is 3.34. The van der Waals surface area contributed by atoms with E-state index in [2.05, 4.69) is 4.42 Å². The topological polar surface area (TPSA) is 66.2 Å². The third-order valence-corrected chi connectivity index (χ3v) is 2.30. The second-order valence-electron chi connectivity index (χ2n) is 2.30. The van der Waals surface area contributed by atoms with Crippen LogP contribution in [0.1, 0.15) is 0 Å². The average Bonchev–Trinajstić information content (AvgIpc) is 2.58. The van der Waals surface area contributed by atoms with E-state index in [0.29, 0.717) is 4.88 Å². The van der Waals surface area contributed by atoms with Gasteiger partial charge in [0.1, 0.15) is 0 Å². The number of H-pyrrole nitrogens is 1. The summed E-state index contributed by atoms with van der Waals surface area (Å²) >= 11 is 0.789. The molecule has 0 unspecified atom stereocenters. The molecule has 6 heteroatoms. The largest absolute Gasteiger partial charge is 0.492 e. The number of hydrogen-bond acceptors (Lipinski definition) is 4. The van der Waals surface area contributed by atoms with Crippen LogP contribution in [0.15, 0.2) is 21.3 Å². The summed E-state index contributed by atoms with van der Waals surface area (Å²) in [6, 6.07) is 2.65. The molecule has 0 radical (unpaired) electrons. The highest BCUT2D eigenvalue weighted by molar-refractivity contribution is 7.13. The first-order chi connectivity index (χ1) is 6.16. The number of nitrogens with one attached hydrogen (secondary N) is 1. The lowest BCUT2D eigenvalue weighted by Crippen LogP contribution is -1.92. The van der Waals surface area contributed by atoms with Gasteiger partial charge in [-0.25, -0.2) is 4.79 Å². The summed E-state index contributed by atoms with van der Waals surface area (Å²) in [6.07, 6.45) is 0. The summed E-state index contributed by atoms with van der Waals surface area (Å²) in [5.74, 6) is -1.17. The van der Waals surface area contributed by atoms with Gasteiger partial charge >= 0.3 is 5.76 Å². The maximum Gasteiger partial charge on any atom is 0.419 e. The van der Waals surface area contributed by atoms with E-state index in [1.165, 1.54) is 12.1 Å². The van der Waals surface area contributed by atoms with Gasteiger partial charge in [-0.15, -0.1) is 11.3 Å². The van der Waals surface area contributed by atoms with Crippen LogP contribution in [0, 0.1) is 5.13 Å². The number of rotatable bonds is 1. The Morgan fingerprint density at radius 1 is 1.54 bits per heavy atom. The maximum atomic E-state index is 12.6. The third-order valence-electron chi connectivity index (χ3n) is 1.43. The fourth-order valence-electron chi connectivity index (χ4n) is 0.923. The average molecular weight is 201 g/mol. The molecule has 2 N–H and O–H groups in total. The molecule has 0 saturated carbocycles. The minimum Gasteiger partial charge on any atom is -0.492 e. The zero-order valence-corrected chi connectivity index (χ0v) is 7.02. The van der Waals surface area contributed by atoms with Crippen molar-refractivity contribution < 1.29 is 13.9 Å². The Labute approximate surface area is 75.3 Å². The van der Waals surface area contributed by atoms with Gasteiger partial charge < -0.3 is 9.52 Å². The van der Waals surface area contributed by atoms with Crippen LogP contribution >= 0.6 is 11.3 Å². The molecule has 0 bridgehead atoms. The SMILES string of the molecule is O=c1[nH]c(O)c(-c2ccc(F)s2)o1. The number of hydrogen-bond donors (Lipinski definition) is 2. The normalized spacial score (nSPS) is 10.5. The summed E-state index contributed by atoms with van der Waals surface area (Å²) in [5.41, 5.74) is 0. The molecule has 0 aromatic carbocycles. The molecular weight excluding hydrogens is 197 g/mol. The maximum absolute atomic E-state index is 12.6. The van der Waals surface area contributed by atoms with Crippen molar-refractivity contribution >= 4 is 11.3 Å². The Kier molecular flexibility index (Phi) is 1.70. The Bertz CT molecular complexity index is 484. The van der Waals surface area contributed by atoms with Crippen LogP contribution in [-0.4, -0.2) is 10.1 Å². The number of aromatic hydroxyl groups is 1. The van der Waals surface area contributed by atoms with Crippen LogP contribution in [0.5, 0.6) is 5.88 Å². The standard InChI is InChI=1S/C7H4FNO3S/c8-4-2-1-3(13-4)5-6(10)9-7(11)12-5/h1-2,10H,(H,9,11). The van der Waals surface area contributed by atoms with Crippen molar-refractivity contribution in [2.24, 2.45) is 0 Å². The molecule has 0 aliphatic rings. The molecule has 0 saturated heterocycles. The third kappa shape index (κ3) is 1.35. The summed E-state index contributed by atoms with van der Waals surface area (Å²) in [6.45, 7) is 0. The molecule has 0 aliphatic heterocycles. The Balaban J connectivity index is 2.58. The van der Waals surface area contributed by atoms with Gasteiger partial charge in [-0.3, -0.25) is 4.98 Å². The predicted molar refractivity (Wildman–Crippen MR) is 44.3 cm³/mol. The highest BCUT2D eigenvalue weighted by Gasteiger charge is 2.13. The molecule has 4 nitrogen and oxygen atoms in total. The van der Waals surface area contributed by atoms with Gasteiger partial charge in [-0.1, -0.05) is 0 Å². The Hall–Kier alpha value is -1.56. The molecule has 2 aromatic rings. The number of aromatic nitrogens is 1. The van der Waals surface area contributed by atoms with E-state index in [-0.39, 0.29) is 11.6 Å². The molecule has 0 fully saturated rings. The fourth-order valence-corrected chi connectivity index (χ4v) is 1.64. The van der Waals surface area contributed by atoms with Crippen molar-refractivity contribution in [3.05, 3.63) is 27.8 Å². The van der Waals surface area contributed by atoms with Crippen LogP contribution in [0.4, 0.5) is 4.39 Å². The molecule has 68 valence electrons. The van der Waals surface area contributed by atoms with Gasteiger partial charge in [0.05, 0.1) is 4.88 Å². The van der Waals surface area contributed by atoms with Crippen molar-refractivity contribution in [2.45, 2.75) is 0 Å². The quantitative estimate of drug-likeness (QED) is 0.735. The van der Waals surface area contributed by atoms with Gasteiger partial charge in [-0.05, 0) is 12.1 Å². The van der Waals surface area contributed by atoms with Crippen LogP contribution in [0.25, 0.3) is 10.6 Å². The Morgan fingerprint density at radius 2 is 2.31 bits per heavy atom. The zero-order valence-electron chi connectivity index (χ0n) is 6.20. The molecule has 2 rings (SSSR count). The van der Waals surface area contributed by atoms with E-state index in [9.17, 15) is 9.18 Å². The summed E-state index contributed by atoms with van der Waals surface area (Å²) < 4.78 is 17.2. The van der Waals surface area contributed by atoms with E-state index >= 15 is 0 Å². The van der Waals surface area contributed by atoms with E-state index in [1.54, 1.807) is 0 Å². The van der Waals surface area contributed by atoms with Crippen LogP contribution < -0.4 is 5.76 Å². The fraction of sp³-hybridized carbons (Fsp3) is 0. The second kappa shape index (κ2) is 2.74. The number of oxazole rings is 1. The number of halogens is 1. The highest BCUT2D eigenvalue weighted by atomic mass is 32.1. The predicted octanol–water partition coefficient (Wildman–Crippen LogP) is 1.54. The van der Waals surface area contributed by atoms with E-state index in [1.807, 2.05) is 4.98 Å². The lowest BCUT2D eigenvalue weighted by Gasteiger charge is -1.87. The monoisotopic (exact) mass is 201 g/mol. The van der Waals surface area contributed by atoms with Crippen molar-refractivity contribution in [3.8, 4) is 16.5 Å². The van der Waals surface area contributed by atoms with Gasteiger partial charge in [0.2, 0.25) is 11.6 Å². The van der Waals surface area contributed by atoms with Gasteiger partial charge in [0, 0.05) is 0 Å². The lowest BCUT2D eigenvalue weighted by molar-refractivity contribution is 0.453. The lowest BCUT2D eigenvalue weighted by atomic mass is 10.4. The van der Waals surface area contributed by atoms with Crippen molar-refractivity contribution in [1.82, 2.24) is 4.98 Å². The van der Waals surface area contributed by atoms with Gasteiger partial charge in [0.15, 0.2) is 5.13 Å². The Morgan fingerprint density at radius 3 is 2.77 bits per heavy atom. The van der Waals surface area contributed by atoms with Crippen LogP contribution in [-0.2, 0) is 0 Å². The van der Waals surface area contributed by atoms with Crippen molar-refractivity contribution in [1.29, 1.82) is 0 Å². The van der Waals surface area contributed by atoms with Crippen LogP contribution in [0.2, 0.25) is 0 Å². The number of thiophene rings is 1. The molecule has 0 aliphatic carbocycles. The molecule has 0 spiro atoms. The molecule has 0 atom stereocenters. The first-order valence-corrected chi connectivity index (χ1v) is 4.16. The minimum absolute atomic E-state index is 0.0288. The minimum atomic E-state index is -0.763.